The first-order chi connectivity index (χ1) is 8.21. The van der Waals surface area contributed by atoms with Crippen LogP contribution in [0, 0.1) is 10.1 Å². The van der Waals surface area contributed by atoms with Crippen LogP contribution in [0.25, 0.3) is 0 Å². The molecule has 0 spiro atoms. The molecule has 0 aromatic carbocycles. The number of aliphatic carboxylic acids is 2. The topological polar surface area (TPSA) is 131 Å². The Morgan fingerprint density at radius 3 is 2.33 bits per heavy atom. The molecular formula is C9H7BrN2O6. The molecule has 0 amide bonds. The van der Waals surface area contributed by atoms with Crippen molar-refractivity contribution in [1.29, 1.82) is 0 Å². The molecule has 0 aliphatic carbocycles. The average Bonchev–Trinajstić information content (AvgIpc) is 2.27. The highest BCUT2D eigenvalue weighted by atomic mass is 79.9. The van der Waals surface area contributed by atoms with E-state index in [2.05, 4.69) is 20.9 Å². The van der Waals surface area contributed by atoms with Crippen LogP contribution in [0.15, 0.2) is 16.7 Å². The van der Waals surface area contributed by atoms with E-state index in [9.17, 15) is 19.7 Å². The molecule has 0 radical (unpaired) electrons. The molecule has 0 saturated carbocycles. The fourth-order valence-corrected chi connectivity index (χ4v) is 1.57. The van der Waals surface area contributed by atoms with Crippen molar-refractivity contribution in [2.45, 2.75) is 12.3 Å². The number of aromatic nitrogens is 1. The van der Waals surface area contributed by atoms with Gasteiger partial charge in [0, 0.05) is 16.7 Å². The average molecular weight is 319 g/mol. The van der Waals surface area contributed by atoms with Gasteiger partial charge in [0.25, 0.3) is 5.69 Å². The first-order valence-electron chi connectivity index (χ1n) is 4.48. The van der Waals surface area contributed by atoms with E-state index in [-0.39, 0.29) is 4.47 Å². The highest BCUT2D eigenvalue weighted by molar-refractivity contribution is 9.10. The van der Waals surface area contributed by atoms with Gasteiger partial charge in [-0.2, -0.15) is 0 Å². The Balaban J connectivity index is 3.62. The number of nitrogens with zero attached hydrogens (tertiary/aromatic N) is 2. The zero-order valence-corrected chi connectivity index (χ0v) is 10.5. The third-order valence-corrected chi connectivity index (χ3v) is 2.79. The Bertz CT molecular complexity index is 530. The van der Waals surface area contributed by atoms with Gasteiger partial charge in [0.15, 0.2) is 0 Å². The van der Waals surface area contributed by atoms with E-state index in [4.69, 9.17) is 10.2 Å². The number of carbonyl (C=O) groups is 2. The molecule has 0 unspecified atom stereocenters. The molecular weight excluding hydrogens is 312 g/mol. The van der Waals surface area contributed by atoms with Gasteiger partial charge >= 0.3 is 11.9 Å². The summed E-state index contributed by atoms with van der Waals surface area (Å²) in [6, 6.07) is 1.01. The Morgan fingerprint density at radius 2 is 1.94 bits per heavy atom. The van der Waals surface area contributed by atoms with E-state index in [0.717, 1.165) is 19.2 Å². The highest BCUT2D eigenvalue weighted by Gasteiger charge is 2.49. The summed E-state index contributed by atoms with van der Waals surface area (Å²) in [5.74, 6) is -3.46. The molecule has 1 rings (SSSR count). The molecule has 0 fully saturated rings. The van der Waals surface area contributed by atoms with Crippen LogP contribution in [0.4, 0.5) is 5.69 Å². The van der Waals surface area contributed by atoms with E-state index in [1.165, 1.54) is 0 Å². The van der Waals surface area contributed by atoms with Crippen molar-refractivity contribution in [1.82, 2.24) is 4.98 Å². The molecule has 0 aliphatic heterocycles. The molecule has 1 heterocycles. The number of carboxylic acid groups (broad SMARTS) is 2. The molecule has 1 aromatic rings. The summed E-state index contributed by atoms with van der Waals surface area (Å²) in [7, 11) is 0. The maximum atomic E-state index is 11.1. The van der Waals surface area contributed by atoms with Crippen molar-refractivity contribution in [3.8, 4) is 0 Å². The zero-order valence-electron chi connectivity index (χ0n) is 8.95. The Kier molecular flexibility index (Phi) is 3.65. The first kappa shape index (κ1) is 14.0. The highest BCUT2D eigenvalue weighted by Crippen LogP contribution is 2.32. The van der Waals surface area contributed by atoms with E-state index in [1.54, 1.807) is 0 Å². The van der Waals surface area contributed by atoms with E-state index in [0.29, 0.717) is 0 Å². The van der Waals surface area contributed by atoms with Crippen molar-refractivity contribution in [2.75, 3.05) is 0 Å². The van der Waals surface area contributed by atoms with Crippen LogP contribution in [0.5, 0.6) is 0 Å². The molecule has 0 saturated heterocycles. The summed E-state index contributed by atoms with van der Waals surface area (Å²) >= 11 is 2.94. The summed E-state index contributed by atoms with van der Waals surface area (Å²) in [4.78, 5) is 35.6. The largest absolute Gasteiger partial charge is 0.480 e. The van der Waals surface area contributed by atoms with Gasteiger partial charge in [-0.3, -0.25) is 24.7 Å². The minimum absolute atomic E-state index is 0.246. The predicted molar refractivity (Wildman–Crippen MR) is 61.2 cm³/mol. The third-order valence-electron chi connectivity index (χ3n) is 2.36. The molecule has 18 heavy (non-hydrogen) atoms. The van der Waals surface area contributed by atoms with Gasteiger partial charge in [-0.1, -0.05) is 0 Å². The van der Waals surface area contributed by atoms with Crippen LogP contribution >= 0.6 is 15.9 Å². The van der Waals surface area contributed by atoms with Crippen molar-refractivity contribution in [3.05, 3.63) is 32.5 Å². The van der Waals surface area contributed by atoms with Crippen LogP contribution in [0.2, 0.25) is 0 Å². The minimum Gasteiger partial charge on any atom is -0.480 e. The lowest BCUT2D eigenvalue weighted by Gasteiger charge is -2.18. The molecule has 96 valence electrons. The zero-order chi connectivity index (χ0) is 14.1. The van der Waals surface area contributed by atoms with Crippen molar-refractivity contribution in [2.24, 2.45) is 0 Å². The number of carboxylic acids is 2. The minimum atomic E-state index is -2.48. The molecule has 0 aliphatic rings. The van der Waals surface area contributed by atoms with Gasteiger partial charge in [0.1, 0.15) is 5.69 Å². The summed E-state index contributed by atoms with van der Waals surface area (Å²) in [5, 5.41) is 28.8. The summed E-state index contributed by atoms with van der Waals surface area (Å²) in [5.41, 5.74) is -3.78. The molecule has 8 nitrogen and oxygen atoms in total. The van der Waals surface area contributed by atoms with Crippen LogP contribution < -0.4 is 0 Å². The second-order valence-corrected chi connectivity index (χ2v) is 4.43. The fraction of sp³-hybridized carbons (Fsp3) is 0.222. The van der Waals surface area contributed by atoms with Crippen molar-refractivity contribution >= 4 is 33.6 Å². The standard InChI is InChI=1S/C9H7BrN2O6/c1-9(7(13)14,8(15)16)6-5(12(17)18)2-4(10)3-11-6/h2-3H,1H3,(H,13,14)(H,15,16). The van der Waals surface area contributed by atoms with Crippen molar-refractivity contribution in [3.63, 3.8) is 0 Å². The van der Waals surface area contributed by atoms with E-state index in [1.807, 2.05) is 0 Å². The van der Waals surface area contributed by atoms with Crippen LogP contribution in [-0.4, -0.2) is 32.1 Å². The second kappa shape index (κ2) is 4.69. The third kappa shape index (κ3) is 2.16. The molecule has 0 atom stereocenters. The van der Waals surface area contributed by atoms with Crippen LogP contribution in [-0.2, 0) is 15.0 Å². The van der Waals surface area contributed by atoms with Gasteiger partial charge < -0.3 is 10.2 Å². The maximum absolute atomic E-state index is 11.1. The Labute approximate surface area is 109 Å². The number of nitro groups is 1. The SMILES string of the molecule is CC(C(=O)O)(C(=O)O)c1ncc(Br)cc1[N+](=O)[O-]. The van der Waals surface area contributed by atoms with Crippen LogP contribution in [0.1, 0.15) is 12.6 Å². The number of hydrogen-bond acceptors (Lipinski definition) is 5. The maximum Gasteiger partial charge on any atom is 0.327 e. The fourth-order valence-electron chi connectivity index (χ4n) is 1.25. The van der Waals surface area contributed by atoms with Crippen LogP contribution in [0.3, 0.4) is 0 Å². The van der Waals surface area contributed by atoms with Gasteiger partial charge in [0.05, 0.1) is 4.92 Å². The lowest BCUT2D eigenvalue weighted by Crippen LogP contribution is -2.42. The second-order valence-electron chi connectivity index (χ2n) is 3.51. The summed E-state index contributed by atoms with van der Waals surface area (Å²) < 4.78 is 0.246. The number of hydrogen-bond donors (Lipinski definition) is 2. The number of halogens is 1. The summed E-state index contributed by atoms with van der Waals surface area (Å²) in [6.45, 7) is 0.848. The van der Waals surface area contributed by atoms with Crippen molar-refractivity contribution < 1.29 is 24.7 Å². The number of rotatable bonds is 4. The predicted octanol–water partition coefficient (Wildman–Crippen LogP) is 1.18. The normalized spacial score (nSPS) is 11.0. The number of pyridine rings is 1. The molecule has 0 bridgehead atoms. The van der Waals surface area contributed by atoms with Gasteiger partial charge in [-0.15, -0.1) is 0 Å². The van der Waals surface area contributed by atoms with E-state index >= 15 is 0 Å². The Morgan fingerprint density at radius 1 is 1.44 bits per heavy atom. The Hall–Kier alpha value is -2.03. The van der Waals surface area contributed by atoms with Gasteiger partial charge in [-0.25, -0.2) is 0 Å². The van der Waals surface area contributed by atoms with E-state index < -0.39 is 33.7 Å². The smallest absolute Gasteiger partial charge is 0.327 e. The monoisotopic (exact) mass is 318 g/mol. The molecule has 1 aromatic heterocycles. The van der Waals surface area contributed by atoms with Gasteiger partial charge in [0.2, 0.25) is 5.41 Å². The first-order valence-corrected chi connectivity index (χ1v) is 5.27. The molecule has 2 N–H and O–H groups in total. The lowest BCUT2D eigenvalue weighted by atomic mass is 9.85. The quantitative estimate of drug-likeness (QED) is 0.484. The molecule has 9 heteroatoms. The summed E-state index contributed by atoms with van der Waals surface area (Å²) in [6.07, 6.45) is 1.10. The van der Waals surface area contributed by atoms with Gasteiger partial charge in [-0.05, 0) is 22.9 Å². The lowest BCUT2D eigenvalue weighted by molar-refractivity contribution is -0.386.